The SMILES string of the molecule is O=C(O)c1cccc(Cc2ccc(N3CC(O)NS3(O)O)c(O)c2)c1.[KH].[KH]. The van der Waals surface area contributed by atoms with Gasteiger partial charge >= 0.3 is 109 Å². The summed E-state index contributed by atoms with van der Waals surface area (Å²) in [5, 5.41) is 28.8. The van der Waals surface area contributed by atoms with E-state index in [9.17, 15) is 24.1 Å². The van der Waals surface area contributed by atoms with Gasteiger partial charge in [-0.1, -0.05) is 29.2 Å². The van der Waals surface area contributed by atoms with Crippen LogP contribution in [0.1, 0.15) is 21.5 Å². The van der Waals surface area contributed by atoms with Crippen LogP contribution in [-0.2, 0) is 6.42 Å². The summed E-state index contributed by atoms with van der Waals surface area (Å²) >= 11 is 0. The molecule has 0 saturated carbocycles. The third-order valence-corrected chi connectivity index (χ3v) is 5.38. The molecule has 6 N–H and O–H groups in total. The number of carboxylic acids is 1. The van der Waals surface area contributed by atoms with Gasteiger partial charge in [-0.05, 0) is 41.8 Å². The molecule has 1 saturated heterocycles. The second-order valence-corrected chi connectivity index (χ2v) is 7.43. The van der Waals surface area contributed by atoms with E-state index in [1.807, 2.05) is 0 Å². The Morgan fingerprint density at radius 1 is 1.15 bits per heavy atom. The van der Waals surface area contributed by atoms with Crippen LogP contribution in [0, 0.1) is 0 Å². The zero-order valence-electron chi connectivity index (χ0n) is 13.0. The quantitative estimate of drug-likeness (QED) is 0.378. The van der Waals surface area contributed by atoms with Gasteiger partial charge in [0.15, 0.2) is 0 Å². The zero-order valence-corrected chi connectivity index (χ0v) is 13.8. The normalized spacial score (nSPS) is 18.9. The van der Waals surface area contributed by atoms with Crippen molar-refractivity contribution in [2.45, 2.75) is 12.6 Å². The molecule has 2 aromatic carbocycles. The summed E-state index contributed by atoms with van der Waals surface area (Å²) in [5.74, 6) is -1.17. The second kappa shape index (κ2) is 10.8. The second-order valence-electron chi connectivity index (χ2n) is 5.72. The third-order valence-electron chi connectivity index (χ3n) is 3.83. The van der Waals surface area contributed by atoms with Crippen molar-refractivity contribution in [3.8, 4) is 5.75 Å². The number of phenolic OH excluding ortho intramolecular Hbond substituents is 1. The molecule has 1 atom stereocenters. The summed E-state index contributed by atoms with van der Waals surface area (Å²) in [7, 11) is -3.39. The van der Waals surface area contributed by atoms with Gasteiger partial charge in [-0.2, -0.15) is 4.72 Å². The first-order valence-electron chi connectivity index (χ1n) is 7.41. The van der Waals surface area contributed by atoms with E-state index in [-0.39, 0.29) is 126 Å². The molecule has 0 aromatic heterocycles. The van der Waals surface area contributed by atoms with Gasteiger partial charge in [0.2, 0.25) is 0 Å². The number of aromatic carboxylic acids is 1. The molecular weight excluding hydrogens is 426 g/mol. The Labute approximate surface area is 243 Å². The topological polar surface area (TPSA) is 133 Å². The van der Waals surface area contributed by atoms with Crippen molar-refractivity contribution in [2.24, 2.45) is 0 Å². The Kier molecular flexibility index (Phi) is 10.4. The molecule has 1 aliphatic heterocycles. The molecular formula is C16H20K2N2O6S. The van der Waals surface area contributed by atoms with Gasteiger partial charge in [-0.15, -0.1) is 0 Å². The Bertz CT molecular complexity index is 823. The molecule has 27 heavy (non-hydrogen) atoms. The van der Waals surface area contributed by atoms with Gasteiger partial charge in [0.25, 0.3) is 0 Å². The van der Waals surface area contributed by atoms with Crippen molar-refractivity contribution in [2.75, 3.05) is 10.8 Å². The number of nitrogens with zero attached hydrogens (tertiary/aromatic N) is 1. The third kappa shape index (κ3) is 6.47. The maximum absolute atomic E-state index is 11.0. The van der Waals surface area contributed by atoms with E-state index in [0.29, 0.717) is 6.42 Å². The first kappa shape index (κ1) is 26.0. The van der Waals surface area contributed by atoms with Gasteiger partial charge in [0.1, 0.15) is 17.7 Å². The van der Waals surface area contributed by atoms with Gasteiger partial charge in [-0.3, -0.25) is 13.4 Å². The van der Waals surface area contributed by atoms with Crippen molar-refractivity contribution < 1.29 is 29.2 Å². The minimum atomic E-state index is -3.39. The number of aliphatic hydroxyl groups is 1. The van der Waals surface area contributed by atoms with Gasteiger partial charge in [0.05, 0.1) is 12.1 Å². The number of β-amino-alcohol motifs (C(OH)–C–C–N with tert-alkyl or cyclic N) is 1. The fraction of sp³-hybridized carbons (Fsp3) is 0.188. The fourth-order valence-electron chi connectivity index (χ4n) is 2.72. The Hall–Kier alpha value is 0.973. The van der Waals surface area contributed by atoms with Gasteiger partial charge < -0.3 is 15.3 Å². The molecule has 1 fully saturated rings. The fourth-order valence-corrected chi connectivity index (χ4v) is 4.06. The summed E-state index contributed by atoms with van der Waals surface area (Å²) in [5.41, 5.74) is 1.87. The van der Waals surface area contributed by atoms with E-state index in [0.717, 1.165) is 15.4 Å². The number of carboxylic acid groups (broad SMARTS) is 1. The molecule has 8 nitrogen and oxygen atoms in total. The first-order valence-corrected chi connectivity index (χ1v) is 8.92. The molecule has 1 unspecified atom stereocenters. The molecule has 0 spiro atoms. The van der Waals surface area contributed by atoms with Crippen LogP contribution < -0.4 is 9.03 Å². The van der Waals surface area contributed by atoms with Crippen LogP contribution in [0.25, 0.3) is 0 Å². The molecule has 11 heteroatoms. The van der Waals surface area contributed by atoms with Crippen molar-refractivity contribution in [1.82, 2.24) is 4.72 Å². The molecule has 3 rings (SSSR count). The van der Waals surface area contributed by atoms with Crippen LogP contribution in [-0.4, -0.2) is 146 Å². The molecule has 0 radical (unpaired) electrons. The number of anilines is 1. The molecule has 0 bridgehead atoms. The Balaban J connectivity index is 0.00000182. The molecule has 1 aliphatic rings. The molecule has 1 heterocycles. The van der Waals surface area contributed by atoms with Crippen LogP contribution in [0.3, 0.4) is 0 Å². The molecule has 138 valence electrons. The number of carbonyl (C=O) groups is 1. The average Bonchev–Trinajstić information content (AvgIpc) is 2.80. The summed E-state index contributed by atoms with van der Waals surface area (Å²) in [6, 6.07) is 11.2. The Morgan fingerprint density at radius 3 is 2.37 bits per heavy atom. The predicted molar refractivity (Wildman–Crippen MR) is 108 cm³/mol. The van der Waals surface area contributed by atoms with E-state index >= 15 is 0 Å². The van der Waals surface area contributed by atoms with Gasteiger partial charge in [0, 0.05) is 0 Å². The summed E-state index contributed by atoms with van der Waals surface area (Å²) < 4.78 is 23.2. The predicted octanol–water partition coefficient (Wildman–Crippen LogP) is 0.693. The minimum absolute atomic E-state index is 0. The van der Waals surface area contributed by atoms with E-state index in [1.54, 1.807) is 24.3 Å². The monoisotopic (exact) mass is 446 g/mol. The van der Waals surface area contributed by atoms with E-state index in [4.69, 9.17) is 5.11 Å². The van der Waals surface area contributed by atoms with Crippen LogP contribution in [0.5, 0.6) is 5.75 Å². The van der Waals surface area contributed by atoms with Crippen LogP contribution in [0.4, 0.5) is 5.69 Å². The van der Waals surface area contributed by atoms with Crippen LogP contribution >= 0.6 is 11.0 Å². The number of hydrogen-bond acceptors (Lipinski definition) is 7. The molecule has 0 amide bonds. The zero-order chi connectivity index (χ0) is 18.2. The summed E-state index contributed by atoms with van der Waals surface area (Å²) in [6.07, 6.45) is -0.700. The maximum atomic E-state index is 11.0. The summed E-state index contributed by atoms with van der Waals surface area (Å²) in [4.78, 5) is 11.0. The van der Waals surface area contributed by atoms with E-state index in [2.05, 4.69) is 4.72 Å². The number of rotatable bonds is 4. The average molecular weight is 447 g/mol. The van der Waals surface area contributed by atoms with Crippen LogP contribution in [0.2, 0.25) is 0 Å². The molecule has 2 aromatic rings. The number of hydrogen-bond donors (Lipinski definition) is 6. The number of aromatic hydroxyl groups is 1. The molecule has 0 aliphatic carbocycles. The number of benzene rings is 2. The van der Waals surface area contributed by atoms with Gasteiger partial charge in [-0.25, -0.2) is 4.79 Å². The van der Waals surface area contributed by atoms with Crippen LogP contribution in [0.15, 0.2) is 42.5 Å². The number of phenols is 1. The van der Waals surface area contributed by atoms with Crippen molar-refractivity contribution in [3.63, 3.8) is 0 Å². The van der Waals surface area contributed by atoms with E-state index < -0.39 is 23.2 Å². The van der Waals surface area contributed by atoms with E-state index in [1.165, 1.54) is 18.2 Å². The van der Waals surface area contributed by atoms with Crippen molar-refractivity contribution in [1.29, 1.82) is 0 Å². The standard InChI is InChI=1S/C16H18N2O6S.2K.2H/c19-14-8-11(6-10-2-1-3-12(7-10)16(21)22)4-5-13(14)18-9-15(20)17-25(18,23)24;;;;/h1-5,7-8,15,17,19-20,23-24H,6,9H2,(H,21,22);;;;. The van der Waals surface area contributed by atoms with Crippen molar-refractivity contribution >= 4 is 125 Å². The number of aliphatic hydroxyl groups excluding tert-OH is 1. The summed E-state index contributed by atoms with van der Waals surface area (Å²) in [6.45, 7) is -0.0735. The first-order chi connectivity index (χ1) is 11.8. The Morgan fingerprint density at radius 2 is 1.81 bits per heavy atom. The number of nitrogens with one attached hydrogen (secondary N) is 1. The van der Waals surface area contributed by atoms with Crippen molar-refractivity contribution in [3.05, 3.63) is 59.2 Å².